The zero-order valence-electron chi connectivity index (χ0n) is 10.2. The van der Waals surface area contributed by atoms with E-state index in [-0.39, 0.29) is 0 Å². The van der Waals surface area contributed by atoms with Crippen LogP contribution in [0.2, 0.25) is 0 Å². The highest BCUT2D eigenvalue weighted by atomic mass is 16.7. The zero-order valence-corrected chi connectivity index (χ0v) is 10.2. The molecule has 1 saturated heterocycles. The van der Waals surface area contributed by atoms with E-state index in [1.807, 2.05) is 30.3 Å². The van der Waals surface area contributed by atoms with Crippen molar-refractivity contribution in [3.63, 3.8) is 0 Å². The number of carboxylic acid groups (broad SMARTS) is 1. The lowest BCUT2D eigenvalue weighted by Crippen LogP contribution is -2.63. The van der Waals surface area contributed by atoms with Crippen LogP contribution in [0.25, 0.3) is 0 Å². The zero-order chi connectivity index (χ0) is 13.3. The number of carbonyl (C=O) groups is 1. The number of hydrogen-bond donors (Lipinski definition) is 1. The summed E-state index contributed by atoms with van der Waals surface area (Å²) in [6.07, 6.45) is -0.339. The van der Waals surface area contributed by atoms with E-state index < -0.39 is 11.7 Å². The molecule has 3 rings (SSSR count). The molecule has 1 aromatic carbocycles. The Morgan fingerprint density at radius 1 is 1.32 bits per heavy atom. The molecule has 1 N–H and O–H groups in total. The molecule has 2 aliphatic rings. The van der Waals surface area contributed by atoms with Crippen molar-refractivity contribution in [2.45, 2.75) is 12.0 Å². The molecule has 1 amide bonds. The van der Waals surface area contributed by atoms with E-state index in [9.17, 15) is 4.79 Å². The highest BCUT2D eigenvalue weighted by Gasteiger charge is 2.51. The van der Waals surface area contributed by atoms with Gasteiger partial charge in [0.2, 0.25) is 0 Å². The maximum atomic E-state index is 10.7. The second-order valence-corrected chi connectivity index (χ2v) is 4.74. The van der Waals surface area contributed by atoms with Crippen LogP contribution in [0.5, 0.6) is 0 Å². The molecular weight excluding hydrogens is 244 g/mol. The number of rotatable bonds is 0. The number of nitrogens with zero attached hydrogens (tertiary/aromatic N) is 2. The first-order chi connectivity index (χ1) is 9.17. The first kappa shape index (κ1) is 11.6. The first-order valence-corrected chi connectivity index (χ1v) is 5.97. The summed E-state index contributed by atoms with van der Waals surface area (Å²) in [5.41, 5.74) is 1.12. The van der Waals surface area contributed by atoms with Crippen LogP contribution in [0.1, 0.15) is 12.0 Å². The summed E-state index contributed by atoms with van der Waals surface area (Å²) in [5, 5.41) is 12.7. The van der Waals surface area contributed by atoms with Gasteiger partial charge in [-0.25, -0.2) is 4.79 Å². The first-order valence-electron chi connectivity index (χ1n) is 5.97. The van der Waals surface area contributed by atoms with Crippen molar-refractivity contribution in [1.82, 2.24) is 4.90 Å². The summed E-state index contributed by atoms with van der Waals surface area (Å²) in [7, 11) is 0. The Morgan fingerprint density at radius 2 is 2.05 bits per heavy atom. The third-order valence-electron chi connectivity index (χ3n) is 3.19. The highest BCUT2D eigenvalue weighted by molar-refractivity contribution is 6.02. The van der Waals surface area contributed by atoms with Crippen LogP contribution in [-0.2, 0) is 4.84 Å². The molecule has 1 aromatic rings. The van der Waals surface area contributed by atoms with Gasteiger partial charge in [-0.15, -0.1) is 0 Å². The summed E-state index contributed by atoms with van der Waals surface area (Å²) < 4.78 is 0. The largest absolute Gasteiger partial charge is 0.465 e. The van der Waals surface area contributed by atoms with Crippen molar-refractivity contribution in [1.29, 1.82) is 0 Å². The molecular formula is C14H12N2O3. The number of benzene rings is 1. The second kappa shape index (κ2) is 4.32. The number of oxime groups is 1. The van der Waals surface area contributed by atoms with Crippen molar-refractivity contribution in [2.75, 3.05) is 13.1 Å². The monoisotopic (exact) mass is 256 g/mol. The summed E-state index contributed by atoms with van der Waals surface area (Å²) >= 11 is 0. The highest BCUT2D eigenvalue weighted by Crippen LogP contribution is 2.33. The van der Waals surface area contributed by atoms with Crippen molar-refractivity contribution in [3.05, 3.63) is 35.9 Å². The van der Waals surface area contributed by atoms with Gasteiger partial charge in [0.25, 0.3) is 0 Å². The Balaban J connectivity index is 1.62. The van der Waals surface area contributed by atoms with Gasteiger partial charge in [0.15, 0.2) is 5.60 Å². The molecule has 2 aliphatic heterocycles. The van der Waals surface area contributed by atoms with Gasteiger partial charge in [-0.2, -0.15) is 0 Å². The van der Waals surface area contributed by atoms with E-state index in [1.165, 1.54) is 4.90 Å². The molecule has 1 spiro atoms. The molecule has 5 heteroatoms. The average Bonchev–Trinajstić information content (AvgIpc) is 2.80. The molecule has 0 unspecified atom stereocenters. The van der Waals surface area contributed by atoms with E-state index in [0.717, 1.165) is 5.56 Å². The lowest BCUT2D eigenvalue weighted by atomic mass is 9.89. The third-order valence-corrected chi connectivity index (χ3v) is 3.19. The molecule has 0 atom stereocenters. The normalized spacial score (nSPS) is 18.9. The quantitative estimate of drug-likeness (QED) is 0.716. The van der Waals surface area contributed by atoms with Gasteiger partial charge >= 0.3 is 6.09 Å². The predicted molar refractivity (Wildman–Crippen MR) is 68.8 cm³/mol. The van der Waals surface area contributed by atoms with E-state index in [2.05, 4.69) is 17.0 Å². The average molecular weight is 256 g/mol. The Labute approximate surface area is 110 Å². The van der Waals surface area contributed by atoms with E-state index in [4.69, 9.17) is 9.94 Å². The second-order valence-electron chi connectivity index (χ2n) is 4.74. The molecule has 0 radical (unpaired) electrons. The van der Waals surface area contributed by atoms with Gasteiger partial charge in [0.1, 0.15) is 5.71 Å². The molecule has 0 bridgehead atoms. The molecule has 5 nitrogen and oxygen atoms in total. The summed E-state index contributed by atoms with van der Waals surface area (Å²) in [6, 6.07) is 9.64. The van der Waals surface area contributed by atoms with Crippen LogP contribution in [0.15, 0.2) is 35.5 Å². The van der Waals surface area contributed by atoms with Crippen LogP contribution < -0.4 is 0 Å². The maximum absolute atomic E-state index is 10.7. The standard InChI is InChI=1S/C14H12N2O3/c17-13(18)16-9-14(10-16)8-12(15-19-14)7-6-11-4-2-1-3-5-11/h1-5H,8-10H2,(H,17,18). The van der Waals surface area contributed by atoms with E-state index >= 15 is 0 Å². The number of likely N-dealkylation sites (tertiary alicyclic amines) is 1. The minimum Gasteiger partial charge on any atom is -0.465 e. The minimum atomic E-state index is -0.918. The van der Waals surface area contributed by atoms with Gasteiger partial charge in [0.05, 0.1) is 13.1 Å². The third kappa shape index (κ3) is 2.25. The molecule has 19 heavy (non-hydrogen) atoms. The van der Waals surface area contributed by atoms with Gasteiger partial charge in [-0.3, -0.25) is 4.90 Å². The number of amides is 1. The fraction of sp³-hybridized carbons (Fsp3) is 0.286. The molecule has 0 aliphatic carbocycles. The van der Waals surface area contributed by atoms with Crippen molar-refractivity contribution >= 4 is 11.8 Å². The molecule has 1 fully saturated rings. The molecule has 0 aromatic heterocycles. The smallest absolute Gasteiger partial charge is 0.407 e. The van der Waals surface area contributed by atoms with Crippen LogP contribution in [-0.4, -0.2) is 40.5 Å². The van der Waals surface area contributed by atoms with Gasteiger partial charge in [-0.1, -0.05) is 29.3 Å². The van der Waals surface area contributed by atoms with Gasteiger partial charge in [0, 0.05) is 12.0 Å². The fourth-order valence-electron chi connectivity index (χ4n) is 2.21. The lowest BCUT2D eigenvalue weighted by Gasteiger charge is -2.43. The van der Waals surface area contributed by atoms with Gasteiger partial charge in [-0.05, 0) is 18.1 Å². The fourth-order valence-corrected chi connectivity index (χ4v) is 2.21. The Hall–Kier alpha value is -2.48. The van der Waals surface area contributed by atoms with Crippen molar-refractivity contribution in [3.8, 4) is 11.8 Å². The summed E-state index contributed by atoms with van der Waals surface area (Å²) in [6.45, 7) is 0.727. The molecule has 0 saturated carbocycles. The van der Waals surface area contributed by atoms with Crippen LogP contribution in [0.3, 0.4) is 0 Å². The topological polar surface area (TPSA) is 62.1 Å². The maximum Gasteiger partial charge on any atom is 0.407 e. The van der Waals surface area contributed by atoms with E-state index in [1.54, 1.807) is 0 Å². The summed E-state index contributed by atoms with van der Waals surface area (Å²) in [4.78, 5) is 17.4. The van der Waals surface area contributed by atoms with E-state index in [0.29, 0.717) is 25.2 Å². The Bertz CT molecular complexity index is 592. The molecule has 2 heterocycles. The van der Waals surface area contributed by atoms with Crippen molar-refractivity contribution in [2.24, 2.45) is 5.16 Å². The summed E-state index contributed by atoms with van der Waals surface area (Å²) in [5.74, 6) is 5.99. The lowest BCUT2D eigenvalue weighted by molar-refractivity contribution is -0.113. The van der Waals surface area contributed by atoms with Crippen molar-refractivity contribution < 1.29 is 14.7 Å². The van der Waals surface area contributed by atoms with Crippen LogP contribution >= 0.6 is 0 Å². The van der Waals surface area contributed by atoms with Crippen LogP contribution in [0.4, 0.5) is 4.79 Å². The van der Waals surface area contributed by atoms with Crippen LogP contribution in [0, 0.1) is 11.8 Å². The SMILES string of the molecule is O=C(O)N1CC2(CC(C#Cc3ccccc3)=NO2)C1. The Morgan fingerprint density at radius 3 is 2.74 bits per heavy atom. The Kier molecular flexibility index (Phi) is 2.64. The van der Waals surface area contributed by atoms with Gasteiger partial charge < -0.3 is 9.94 Å². The number of hydrogen-bond acceptors (Lipinski definition) is 3. The molecule has 96 valence electrons. The predicted octanol–water partition coefficient (Wildman–Crippen LogP) is 1.55. The minimum absolute atomic E-state index is 0.363.